The lowest BCUT2D eigenvalue weighted by Crippen LogP contribution is -2.22. The SMILES string of the molecule is NS(=O)(=O)CCNc1ccc(/N=N/c2ccccc2)cc1. The number of nitrogens with one attached hydrogen (secondary N) is 1. The van der Waals surface area contributed by atoms with Crippen LogP contribution in [-0.2, 0) is 10.0 Å². The summed E-state index contributed by atoms with van der Waals surface area (Å²) in [6.45, 7) is 0.268. The van der Waals surface area contributed by atoms with E-state index in [-0.39, 0.29) is 12.3 Å². The van der Waals surface area contributed by atoms with E-state index in [1.165, 1.54) is 0 Å². The lowest BCUT2D eigenvalue weighted by Gasteiger charge is -2.05. The molecular formula is C14H16N4O2S. The Morgan fingerprint density at radius 1 is 0.905 bits per heavy atom. The van der Waals surface area contributed by atoms with Crippen molar-refractivity contribution >= 4 is 27.1 Å². The highest BCUT2D eigenvalue weighted by Crippen LogP contribution is 2.19. The predicted molar refractivity (Wildman–Crippen MR) is 83.5 cm³/mol. The molecule has 0 aliphatic rings. The average Bonchev–Trinajstić information content (AvgIpc) is 2.46. The van der Waals surface area contributed by atoms with Gasteiger partial charge in [0, 0.05) is 12.2 Å². The highest BCUT2D eigenvalue weighted by Gasteiger charge is 2.01. The molecule has 110 valence electrons. The molecule has 0 saturated heterocycles. The largest absolute Gasteiger partial charge is 0.384 e. The summed E-state index contributed by atoms with van der Waals surface area (Å²) in [5.74, 6) is -0.109. The van der Waals surface area contributed by atoms with E-state index in [2.05, 4.69) is 15.5 Å². The Morgan fingerprint density at radius 2 is 1.48 bits per heavy atom. The zero-order chi connectivity index (χ0) is 15.1. The molecule has 0 bridgehead atoms. The van der Waals surface area contributed by atoms with Crippen molar-refractivity contribution < 1.29 is 8.42 Å². The minimum Gasteiger partial charge on any atom is -0.384 e. The molecule has 0 saturated carbocycles. The summed E-state index contributed by atoms with van der Waals surface area (Å²) in [5.41, 5.74) is 2.31. The molecule has 0 heterocycles. The minimum atomic E-state index is -3.44. The lowest BCUT2D eigenvalue weighted by atomic mass is 10.3. The molecule has 0 radical (unpaired) electrons. The van der Waals surface area contributed by atoms with Crippen LogP contribution in [-0.4, -0.2) is 20.7 Å². The molecule has 0 amide bonds. The second-order valence-corrected chi connectivity index (χ2v) is 6.11. The van der Waals surface area contributed by atoms with E-state index >= 15 is 0 Å². The smallest absolute Gasteiger partial charge is 0.210 e. The van der Waals surface area contributed by atoms with Crippen LogP contribution in [0.2, 0.25) is 0 Å². The van der Waals surface area contributed by atoms with E-state index in [1.807, 2.05) is 42.5 Å². The van der Waals surface area contributed by atoms with E-state index in [1.54, 1.807) is 12.1 Å². The maximum Gasteiger partial charge on any atom is 0.210 e. The second kappa shape index (κ2) is 6.96. The van der Waals surface area contributed by atoms with Crippen LogP contribution in [0.4, 0.5) is 17.1 Å². The van der Waals surface area contributed by atoms with Crippen molar-refractivity contribution in [1.29, 1.82) is 0 Å². The Kier molecular flexibility index (Phi) is 5.02. The predicted octanol–water partition coefficient (Wildman–Crippen LogP) is 2.80. The van der Waals surface area contributed by atoms with E-state index in [4.69, 9.17) is 5.14 Å². The molecule has 0 aliphatic carbocycles. The molecule has 6 nitrogen and oxygen atoms in total. The zero-order valence-corrected chi connectivity index (χ0v) is 12.1. The van der Waals surface area contributed by atoms with Crippen molar-refractivity contribution in [2.45, 2.75) is 0 Å². The number of hydrogen-bond acceptors (Lipinski definition) is 5. The molecule has 0 atom stereocenters. The van der Waals surface area contributed by atoms with Gasteiger partial charge < -0.3 is 5.32 Å². The number of nitrogens with two attached hydrogens (primary N) is 1. The van der Waals surface area contributed by atoms with E-state index in [9.17, 15) is 8.42 Å². The third-order valence-corrected chi connectivity index (χ3v) is 3.39. The van der Waals surface area contributed by atoms with Crippen molar-refractivity contribution in [1.82, 2.24) is 0 Å². The van der Waals surface area contributed by atoms with Crippen molar-refractivity contribution in [2.24, 2.45) is 15.4 Å². The summed E-state index contributed by atoms with van der Waals surface area (Å²) in [6, 6.07) is 16.7. The summed E-state index contributed by atoms with van der Waals surface area (Å²) in [7, 11) is -3.44. The van der Waals surface area contributed by atoms with Gasteiger partial charge in [-0.2, -0.15) is 10.2 Å². The number of rotatable bonds is 6. The van der Waals surface area contributed by atoms with Crippen LogP contribution >= 0.6 is 0 Å². The Balaban J connectivity index is 1.91. The third-order valence-electron chi connectivity index (χ3n) is 2.62. The van der Waals surface area contributed by atoms with Gasteiger partial charge >= 0.3 is 0 Å². The molecule has 3 N–H and O–H groups in total. The van der Waals surface area contributed by atoms with Crippen LogP contribution < -0.4 is 10.5 Å². The van der Waals surface area contributed by atoms with Gasteiger partial charge in [-0.25, -0.2) is 13.6 Å². The first-order valence-electron chi connectivity index (χ1n) is 6.34. The molecule has 2 aromatic rings. The topological polar surface area (TPSA) is 96.9 Å². The number of azo groups is 1. The summed E-state index contributed by atoms with van der Waals surface area (Å²) in [5, 5.41) is 16.1. The van der Waals surface area contributed by atoms with Crippen molar-refractivity contribution in [3.05, 3.63) is 54.6 Å². The monoisotopic (exact) mass is 304 g/mol. The molecule has 0 aliphatic heterocycles. The molecular weight excluding hydrogens is 288 g/mol. The van der Waals surface area contributed by atoms with Gasteiger partial charge in [0.2, 0.25) is 10.0 Å². The fourth-order valence-corrected chi connectivity index (χ4v) is 1.98. The highest BCUT2D eigenvalue weighted by atomic mass is 32.2. The van der Waals surface area contributed by atoms with Crippen molar-refractivity contribution in [3.8, 4) is 0 Å². The van der Waals surface area contributed by atoms with Gasteiger partial charge in [0.25, 0.3) is 0 Å². The second-order valence-electron chi connectivity index (χ2n) is 4.38. The molecule has 7 heteroatoms. The van der Waals surface area contributed by atoms with E-state index in [0.29, 0.717) is 0 Å². The molecule has 21 heavy (non-hydrogen) atoms. The zero-order valence-electron chi connectivity index (χ0n) is 11.3. The Morgan fingerprint density at radius 3 is 2.05 bits per heavy atom. The number of benzene rings is 2. The van der Waals surface area contributed by atoms with Gasteiger partial charge in [-0.15, -0.1) is 0 Å². The van der Waals surface area contributed by atoms with Crippen molar-refractivity contribution in [2.75, 3.05) is 17.6 Å². The number of anilines is 1. The fraction of sp³-hybridized carbons (Fsp3) is 0.143. The Bertz CT molecular complexity index is 698. The number of nitrogens with zero attached hydrogens (tertiary/aromatic N) is 2. The van der Waals surface area contributed by atoms with Crippen LogP contribution in [0.1, 0.15) is 0 Å². The summed E-state index contributed by atoms with van der Waals surface area (Å²) in [6.07, 6.45) is 0. The number of sulfonamides is 1. The Labute approximate surface area is 123 Å². The van der Waals surface area contributed by atoms with Crippen LogP contribution in [0.15, 0.2) is 64.8 Å². The third kappa shape index (κ3) is 5.72. The van der Waals surface area contributed by atoms with Gasteiger partial charge in [-0.05, 0) is 36.4 Å². The van der Waals surface area contributed by atoms with Crippen LogP contribution in [0.3, 0.4) is 0 Å². The minimum absolute atomic E-state index is 0.109. The Hall–Kier alpha value is -2.25. The van der Waals surface area contributed by atoms with Crippen molar-refractivity contribution in [3.63, 3.8) is 0 Å². The van der Waals surface area contributed by atoms with Gasteiger partial charge in [-0.3, -0.25) is 0 Å². The molecule has 2 aromatic carbocycles. The fourth-order valence-electron chi connectivity index (χ4n) is 1.59. The number of primary sulfonamides is 1. The summed E-state index contributed by atoms with van der Waals surface area (Å²) in [4.78, 5) is 0. The normalized spacial score (nSPS) is 11.7. The maximum atomic E-state index is 10.8. The van der Waals surface area contributed by atoms with E-state index < -0.39 is 10.0 Å². The van der Waals surface area contributed by atoms with E-state index in [0.717, 1.165) is 17.1 Å². The van der Waals surface area contributed by atoms with Crippen LogP contribution in [0.25, 0.3) is 0 Å². The van der Waals surface area contributed by atoms with Crippen LogP contribution in [0.5, 0.6) is 0 Å². The molecule has 0 unspecified atom stereocenters. The summed E-state index contributed by atoms with van der Waals surface area (Å²) < 4.78 is 21.6. The quantitative estimate of drug-likeness (QED) is 0.803. The molecule has 0 aromatic heterocycles. The molecule has 2 rings (SSSR count). The standard InChI is InChI=1S/C14H16N4O2S/c15-21(19,20)11-10-16-12-6-8-14(9-7-12)18-17-13-4-2-1-3-5-13/h1-9,16H,10-11H2,(H2,15,19,20)/b18-17+. The van der Waals surface area contributed by atoms with Gasteiger partial charge in [0.15, 0.2) is 0 Å². The van der Waals surface area contributed by atoms with Gasteiger partial charge in [-0.1, -0.05) is 18.2 Å². The maximum absolute atomic E-state index is 10.8. The average molecular weight is 304 g/mol. The first-order valence-corrected chi connectivity index (χ1v) is 8.06. The van der Waals surface area contributed by atoms with Gasteiger partial charge in [0.1, 0.15) is 0 Å². The lowest BCUT2D eigenvalue weighted by molar-refractivity contribution is 0.598. The van der Waals surface area contributed by atoms with Crippen LogP contribution in [0, 0.1) is 0 Å². The van der Waals surface area contributed by atoms with Gasteiger partial charge in [0.05, 0.1) is 17.1 Å². The highest BCUT2D eigenvalue weighted by molar-refractivity contribution is 7.89. The first kappa shape index (κ1) is 15.1. The first-order chi connectivity index (χ1) is 10.0. The number of hydrogen-bond donors (Lipinski definition) is 2. The summed E-state index contributed by atoms with van der Waals surface area (Å²) >= 11 is 0. The molecule has 0 spiro atoms. The molecule has 0 fully saturated rings.